The molecular formula is C15H19N5O2S. The predicted molar refractivity (Wildman–Crippen MR) is 89.8 cm³/mol. The monoisotopic (exact) mass is 333 g/mol. The van der Waals surface area contributed by atoms with Gasteiger partial charge in [0.15, 0.2) is 15.7 Å². The first-order valence-electron chi connectivity index (χ1n) is 7.38. The smallest absolute Gasteiger partial charge is 0.251 e. The molecule has 2 aromatic rings. The predicted octanol–water partition coefficient (Wildman–Crippen LogP) is 1.26. The van der Waals surface area contributed by atoms with E-state index in [9.17, 15) is 8.42 Å². The van der Waals surface area contributed by atoms with E-state index in [2.05, 4.69) is 15.2 Å². The van der Waals surface area contributed by atoms with Crippen LogP contribution in [0, 0.1) is 0 Å². The van der Waals surface area contributed by atoms with Crippen molar-refractivity contribution < 1.29 is 8.42 Å². The molecule has 0 N–H and O–H groups in total. The third-order valence-electron chi connectivity index (χ3n) is 4.10. The van der Waals surface area contributed by atoms with Gasteiger partial charge in [0.25, 0.3) is 5.95 Å². The van der Waals surface area contributed by atoms with Crippen molar-refractivity contribution in [2.24, 2.45) is 0 Å². The molecule has 122 valence electrons. The average molecular weight is 333 g/mol. The topological polar surface area (TPSA) is 79.3 Å². The lowest BCUT2D eigenvalue weighted by molar-refractivity contribution is 0.600. The average Bonchev–Trinajstić information content (AvgIpc) is 2.94. The van der Waals surface area contributed by atoms with Crippen LogP contribution in [-0.2, 0) is 9.84 Å². The Balaban J connectivity index is 1.83. The van der Waals surface area contributed by atoms with E-state index in [0.29, 0.717) is 18.2 Å². The molecule has 0 bridgehead atoms. The first-order valence-corrected chi connectivity index (χ1v) is 9.20. The zero-order valence-corrected chi connectivity index (χ0v) is 13.9. The van der Waals surface area contributed by atoms with Gasteiger partial charge in [0.1, 0.15) is 0 Å². The summed E-state index contributed by atoms with van der Waals surface area (Å²) in [5.74, 6) is 1.50. The van der Waals surface area contributed by atoms with E-state index >= 15 is 0 Å². The Labute approximate surface area is 135 Å². The number of rotatable bonds is 4. The summed E-state index contributed by atoms with van der Waals surface area (Å²) in [5.41, 5.74) is 0.956. The molecule has 0 spiro atoms. The van der Waals surface area contributed by atoms with Crippen LogP contribution in [0.15, 0.2) is 36.5 Å². The minimum atomic E-state index is -2.93. The van der Waals surface area contributed by atoms with Crippen LogP contribution < -0.4 is 9.80 Å². The molecule has 1 atom stereocenters. The lowest BCUT2D eigenvalue weighted by atomic mass is 10.2. The Hall–Kier alpha value is -2.22. The van der Waals surface area contributed by atoms with Gasteiger partial charge < -0.3 is 9.80 Å². The van der Waals surface area contributed by atoms with Gasteiger partial charge >= 0.3 is 0 Å². The van der Waals surface area contributed by atoms with Gasteiger partial charge in [-0.1, -0.05) is 18.2 Å². The molecule has 23 heavy (non-hydrogen) atoms. The van der Waals surface area contributed by atoms with Crippen molar-refractivity contribution in [3.63, 3.8) is 0 Å². The van der Waals surface area contributed by atoms with Crippen molar-refractivity contribution >= 4 is 27.3 Å². The van der Waals surface area contributed by atoms with Crippen LogP contribution in [-0.4, -0.2) is 55.2 Å². The summed E-state index contributed by atoms with van der Waals surface area (Å²) >= 11 is 0. The van der Waals surface area contributed by atoms with Crippen LogP contribution in [0.2, 0.25) is 0 Å². The molecule has 0 aliphatic carbocycles. The van der Waals surface area contributed by atoms with E-state index in [1.807, 2.05) is 54.2 Å². The van der Waals surface area contributed by atoms with Crippen LogP contribution in [0.5, 0.6) is 0 Å². The van der Waals surface area contributed by atoms with E-state index in [0.717, 1.165) is 5.69 Å². The van der Waals surface area contributed by atoms with Gasteiger partial charge in [0.2, 0.25) is 0 Å². The van der Waals surface area contributed by atoms with Gasteiger partial charge in [-0.05, 0) is 18.6 Å². The molecule has 0 amide bonds. The summed E-state index contributed by atoms with van der Waals surface area (Å²) in [6.07, 6.45) is 2.18. The van der Waals surface area contributed by atoms with Crippen molar-refractivity contribution in [3.8, 4) is 0 Å². The minimum Gasteiger partial charge on any atom is -0.354 e. The van der Waals surface area contributed by atoms with E-state index in [1.165, 1.54) is 0 Å². The van der Waals surface area contributed by atoms with E-state index in [1.54, 1.807) is 6.20 Å². The summed E-state index contributed by atoms with van der Waals surface area (Å²) < 4.78 is 23.3. The first-order chi connectivity index (χ1) is 11.0. The van der Waals surface area contributed by atoms with Crippen molar-refractivity contribution in [2.75, 3.05) is 35.4 Å². The molecule has 0 radical (unpaired) electrons. The zero-order valence-electron chi connectivity index (χ0n) is 13.1. The molecular weight excluding hydrogens is 314 g/mol. The van der Waals surface area contributed by atoms with Gasteiger partial charge in [0.05, 0.1) is 17.7 Å². The Kier molecular flexibility index (Phi) is 4.16. The third-order valence-corrected chi connectivity index (χ3v) is 5.85. The number of hydrogen-bond donors (Lipinski definition) is 0. The molecule has 7 nitrogen and oxygen atoms in total. The highest BCUT2D eigenvalue weighted by Crippen LogP contribution is 2.24. The minimum absolute atomic E-state index is 0.0634. The molecule has 3 rings (SSSR count). The molecule has 1 unspecified atom stereocenters. The second kappa shape index (κ2) is 6.11. The SMILES string of the molecule is CN(c1ccccc1)c1nncc(N(C)C2CCS(=O)(=O)C2)n1. The molecule has 1 aliphatic rings. The zero-order chi connectivity index (χ0) is 16.4. The van der Waals surface area contributed by atoms with Crippen molar-refractivity contribution in [2.45, 2.75) is 12.5 Å². The lowest BCUT2D eigenvalue weighted by Gasteiger charge is -2.25. The fraction of sp³-hybridized carbons (Fsp3) is 0.400. The summed E-state index contributed by atoms with van der Waals surface area (Å²) in [4.78, 5) is 8.24. The van der Waals surface area contributed by atoms with Crippen LogP contribution in [0.4, 0.5) is 17.5 Å². The molecule has 1 aliphatic heterocycles. The number of benzene rings is 1. The van der Waals surface area contributed by atoms with E-state index in [-0.39, 0.29) is 17.5 Å². The van der Waals surface area contributed by atoms with Crippen LogP contribution in [0.3, 0.4) is 0 Å². The maximum absolute atomic E-state index is 11.7. The first kappa shape index (κ1) is 15.7. The highest BCUT2D eigenvalue weighted by Gasteiger charge is 2.31. The van der Waals surface area contributed by atoms with Gasteiger partial charge in [0, 0.05) is 25.8 Å². The summed E-state index contributed by atoms with van der Waals surface area (Å²) in [7, 11) is 0.786. The van der Waals surface area contributed by atoms with Crippen LogP contribution in [0.1, 0.15) is 6.42 Å². The van der Waals surface area contributed by atoms with Gasteiger partial charge in [-0.2, -0.15) is 10.1 Å². The fourth-order valence-corrected chi connectivity index (χ4v) is 4.41. The fourth-order valence-electron chi connectivity index (χ4n) is 2.63. The maximum Gasteiger partial charge on any atom is 0.251 e. The summed E-state index contributed by atoms with van der Waals surface area (Å²) in [6, 6.07) is 9.69. The Morgan fingerprint density at radius 3 is 2.57 bits per heavy atom. The van der Waals surface area contributed by atoms with Crippen molar-refractivity contribution in [3.05, 3.63) is 36.5 Å². The third kappa shape index (κ3) is 3.42. The van der Waals surface area contributed by atoms with E-state index < -0.39 is 9.84 Å². The normalized spacial score (nSPS) is 19.5. The molecule has 1 aromatic carbocycles. The van der Waals surface area contributed by atoms with Crippen LogP contribution >= 0.6 is 0 Å². The van der Waals surface area contributed by atoms with Gasteiger partial charge in [-0.15, -0.1) is 5.10 Å². The summed E-state index contributed by atoms with van der Waals surface area (Å²) in [5, 5.41) is 8.09. The number of anilines is 3. The lowest BCUT2D eigenvalue weighted by Crippen LogP contribution is -2.33. The maximum atomic E-state index is 11.7. The summed E-state index contributed by atoms with van der Waals surface area (Å²) in [6.45, 7) is 0. The second-order valence-electron chi connectivity index (χ2n) is 5.68. The number of para-hydroxylation sites is 1. The number of nitrogens with zero attached hydrogens (tertiary/aromatic N) is 5. The standard InChI is InChI=1S/C15H19N5O2S/c1-19(13-8-9-23(21,22)11-13)14-10-16-18-15(17-14)20(2)12-6-4-3-5-7-12/h3-7,10,13H,8-9,11H2,1-2H3. The van der Waals surface area contributed by atoms with Crippen molar-refractivity contribution in [1.29, 1.82) is 0 Å². The van der Waals surface area contributed by atoms with Crippen LogP contribution in [0.25, 0.3) is 0 Å². The number of hydrogen-bond acceptors (Lipinski definition) is 7. The second-order valence-corrected chi connectivity index (χ2v) is 7.91. The Morgan fingerprint density at radius 2 is 1.91 bits per heavy atom. The highest BCUT2D eigenvalue weighted by atomic mass is 32.2. The van der Waals surface area contributed by atoms with E-state index in [4.69, 9.17) is 0 Å². The van der Waals surface area contributed by atoms with Gasteiger partial charge in [-0.25, -0.2) is 8.42 Å². The largest absolute Gasteiger partial charge is 0.354 e. The Bertz CT molecular complexity index is 781. The molecule has 0 saturated carbocycles. The molecule has 1 aromatic heterocycles. The highest BCUT2D eigenvalue weighted by molar-refractivity contribution is 7.91. The quantitative estimate of drug-likeness (QED) is 0.833. The molecule has 8 heteroatoms. The van der Waals surface area contributed by atoms with Crippen molar-refractivity contribution in [1.82, 2.24) is 15.2 Å². The molecule has 1 saturated heterocycles. The van der Waals surface area contributed by atoms with Gasteiger partial charge in [-0.3, -0.25) is 0 Å². The Morgan fingerprint density at radius 1 is 1.17 bits per heavy atom. The molecule has 2 heterocycles. The number of aromatic nitrogens is 3. The molecule has 1 fully saturated rings. The number of sulfone groups is 1.